The van der Waals surface area contributed by atoms with Crippen molar-refractivity contribution >= 4 is 39.1 Å². The maximum absolute atomic E-state index is 14.0. The van der Waals surface area contributed by atoms with Crippen LogP contribution < -0.4 is 10.2 Å². The van der Waals surface area contributed by atoms with Gasteiger partial charge >= 0.3 is 0 Å². The first-order chi connectivity index (χ1) is 16.5. The summed E-state index contributed by atoms with van der Waals surface area (Å²) in [6.45, 7) is 3.37. The van der Waals surface area contributed by atoms with Crippen molar-refractivity contribution in [3.05, 3.63) is 84.2 Å². The van der Waals surface area contributed by atoms with Gasteiger partial charge in [0.1, 0.15) is 35.9 Å². The van der Waals surface area contributed by atoms with Gasteiger partial charge in [0, 0.05) is 29.8 Å². The molecule has 34 heavy (non-hydrogen) atoms. The highest BCUT2D eigenvalue weighted by Gasteiger charge is 2.26. The number of hydrogen-bond donors (Lipinski definition) is 1. The Labute approximate surface area is 193 Å². The summed E-state index contributed by atoms with van der Waals surface area (Å²) in [5.41, 5.74) is 4.10. The van der Waals surface area contributed by atoms with Gasteiger partial charge in [-0.15, -0.1) is 0 Å². The Hall–Kier alpha value is -4.27. The zero-order valence-corrected chi connectivity index (χ0v) is 18.2. The molecule has 0 bridgehead atoms. The fourth-order valence-corrected chi connectivity index (χ4v) is 4.54. The lowest BCUT2D eigenvalue weighted by Gasteiger charge is -2.33. The van der Waals surface area contributed by atoms with Crippen LogP contribution in [0.2, 0.25) is 0 Å². The number of halogens is 2. The van der Waals surface area contributed by atoms with Crippen LogP contribution in [0.1, 0.15) is 24.1 Å². The average Bonchev–Trinajstić information content (AvgIpc) is 2.84. The highest BCUT2D eigenvalue weighted by molar-refractivity contribution is 5.91. The molecule has 0 spiro atoms. The summed E-state index contributed by atoms with van der Waals surface area (Å²) in [5, 5.41) is 4.52. The molecule has 0 saturated carbocycles. The van der Waals surface area contributed by atoms with Crippen molar-refractivity contribution in [3.63, 3.8) is 0 Å². The molecule has 0 aliphatic carbocycles. The number of anilines is 3. The lowest BCUT2D eigenvalue weighted by Crippen LogP contribution is -2.34. The summed E-state index contributed by atoms with van der Waals surface area (Å²) in [4.78, 5) is 24.1. The second-order valence-electron chi connectivity index (χ2n) is 8.42. The fraction of sp³-hybridized carbons (Fsp3) is 0.160. The Balaban J connectivity index is 1.36. The molecule has 5 aromatic rings. The van der Waals surface area contributed by atoms with Gasteiger partial charge in [0.05, 0.1) is 28.6 Å². The smallest absolute Gasteiger partial charge is 0.141 e. The van der Waals surface area contributed by atoms with Gasteiger partial charge < -0.3 is 10.2 Å². The van der Waals surface area contributed by atoms with E-state index in [9.17, 15) is 8.78 Å². The van der Waals surface area contributed by atoms with Crippen LogP contribution in [0.25, 0.3) is 21.8 Å². The van der Waals surface area contributed by atoms with E-state index in [0.717, 1.165) is 16.9 Å². The number of pyridine rings is 1. The minimum atomic E-state index is -0.355. The number of nitrogens with one attached hydrogen (secondary N) is 1. The molecular formula is C25H19F2N7. The fourth-order valence-electron chi connectivity index (χ4n) is 4.54. The summed E-state index contributed by atoms with van der Waals surface area (Å²) < 4.78 is 27.8. The average molecular weight is 455 g/mol. The number of rotatable bonds is 3. The van der Waals surface area contributed by atoms with E-state index < -0.39 is 0 Å². The molecule has 0 saturated heterocycles. The van der Waals surface area contributed by atoms with E-state index in [1.165, 1.54) is 36.9 Å². The van der Waals surface area contributed by atoms with Crippen LogP contribution in [-0.2, 0) is 6.54 Å². The van der Waals surface area contributed by atoms with Crippen LogP contribution in [0.15, 0.2) is 61.3 Å². The van der Waals surface area contributed by atoms with E-state index in [1.54, 1.807) is 18.3 Å². The summed E-state index contributed by atoms with van der Waals surface area (Å²) in [6.07, 6.45) is 4.70. The van der Waals surface area contributed by atoms with E-state index >= 15 is 0 Å². The minimum absolute atomic E-state index is 0.144. The van der Waals surface area contributed by atoms with E-state index in [0.29, 0.717) is 46.5 Å². The van der Waals surface area contributed by atoms with Gasteiger partial charge in [0.15, 0.2) is 0 Å². The van der Waals surface area contributed by atoms with Crippen molar-refractivity contribution in [2.24, 2.45) is 0 Å². The Bertz CT molecular complexity index is 1560. The highest BCUT2D eigenvalue weighted by atomic mass is 19.1. The third-order valence-corrected chi connectivity index (χ3v) is 6.06. The van der Waals surface area contributed by atoms with Crippen molar-refractivity contribution in [3.8, 4) is 0 Å². The van der Waals surface area contributed by atoms with Gasteiger partial charge in [-0.2, -0.15) is 0 Å². The summed E-state index contributed by atoms with van der Waals surface area (Å²) in [7, 11) is 0. The molecule has 1 aliphatic heterocycles. The van der Waals surface area contributed by atoms with Gasteiger partial charge in [0.2, 0.25) is 0 Å². The van der Waals surface area contributed by atoms with Crippen LogP contribution in [0.4, 0.5) is 26.1 Å². The predicted octanol–water partition coefficient (Wildman–Crippen LogP) is 5.11. The van der Waals surface area contributed by atoms with Crippen LogP contribution >= 0.6 is 0 Å². The number of benzene rings is 2. The molecule has 1 aliphatic rings. The number of aromatic nitrogens is 5. The Morgan fingerprint density at radius 2 is 1.56 bits per heavy atom. The second kappa shape index (κ2) is 7.95. The molecule has 168 valence electrons. The van der Waals surface area contributed by atoms with E-state index in [4.69, 9.17) is 4.98 Å². The van der Waals surface area contributed by atoms with Crippen molar-refractivity contribution in [2.45, 2.75) is 19.4 Å². The van der Waals surface area contributed by atoms with E-state index in [2.05, 4.69) is 37.1 Å². The Kier molecular flexibility index (Phi) is 4.75. The second-order valence-corrected chi connectivity index (χ2v) is 8.42. The molecule has 6 rings (SSSR count). The molecule has 9 heteroatoms. The molecule has 0 fully saturated rings. The van der Waals surface area contributed by atoms with Crippen molar-refractivity contribution < 1.29 is 8.78 Å². The zero-order valence-electron chi connectivity index (χ0n) is 18.2. The summed E-state index contributed by atoms with van der Waals surface area (Å²) in [5.74, 6) is 0.662. The predicted molar refractivity (Wildman–Crippen MR) is 126 cm³/mol. The number of hydrogen-bond acceptors (Lipinski definition) is 7. The summed E-state index contributed by atoms with van der Waals surface area (Å²) >= 11 is 0. The quantitative estimate of drug-likeness (QED) is 0.405. The minimum Gasteiger partial charge on any atom is -0.351 e. The van der Waals surface area contributed by atoms with E-state index in [1.807, 2.05) is 6.07 Å². The molecule has 1 unspecified atom stereocenters. The van der Waals surface area contributed by atoms with Gasteiger partial charge in [-0.3, -0.25) is 4.98 Å². The monoisotopic (exact) mass is 455 g/mol. The standard InChI is InChI=1S/C25H19F2N7/c1-14-10-34(25-20-8-17(27)3-5-22(20)30-13-32-25)11-15-6-18(9-28-23(14)15)33-24-19-7-16(26)2-4-21(19)29-12-31-24/h2-9,12-14H,10-11H2,1H3,(H,29,31,33). The van der Waals surface area contributed by atoms with Crippen LogP contribution in [-0.4, -0.2) is 31.5 Å². The molecule has 0 radical (unpaired) electrons. The first-order valence-electron chi connectivity index (χ1n) is 10.9. The molecule has 7 nitrogen and oxygen atoms in total. The largest absolute Gasteiger partial charge is 0.351 e. The van der Waals surface area contributed by atoms with E-state index in [-0.39, 0.29) is 17.6 Å². The third-order valence-electron chi connectivity index (χ3n) is 6.06. The SMILES string of the molecule is CC1CN(c2ncnc3ccc(F)cc23)Cc2cc(Nc3ncnc4ccc(F)cc34)cnc21. The maximum Gasteiger partial charge on any atom is 0.141 e. The van der Waals surface area contributed by atoms with Gasteiger partial charge in [-0.05, 0) is 48.0 Å². The first-order valence-corrected chi connectivity index (χ1v) is 10.9. The van der Waals surface area contributed by atoms with Crippen molar-refractivity contribution in [2.75, 3.05) is 16.8 Å². The molecule has 3 aromatic heterocycles. The zero-order chi connectivity index (χ0) is 23.2. The third kappa shape index (κ3) is 3.55. The van der Waals surface area contributed by atoms with Gasteiger partial charge in [0.25, 0.3) is 0 Å². The highest BCUT2D eigenvalue weighted by Crippen LogP contribution is 2.34. The molecule has 1 atom stereocenters. The lowest BCUT2D eigenvalue weighted by molar-refractivity contribution is 0.615. The molecular weight excluding hydrogens is 436 g/mol. The first kappa shape index (κ1) is 20.3. The molecule has 2 aromatic carbocycles. The number of nitrogens with zero attached hydrogens (tertiary/aromatic N) is 6. The summed E-state index contributed by atoms with van der Waals surface area (Å²) in [6, 6.07) is 11.0. The molecule has 1 N–H and O–H groups in total. The lowest BCUT2D eigenvalue weighted by atomic mass is 9.96. The number of fused-ring (bicyclic) bond motifs is 3. The van der Waals surface area contributed by atoms with Crippen molar-refractivity contribution in [1.82, 2.24) is 24.9 Å². The normalized spacial score (nSPS) is 15.5. The molecule has 4 heterocycles. The topological polar surface area (TPSA) is 79.7 Å². The Morgan fingerprint density at radius 1 is 0.853 bits per heavy atom. The van der Waals surface area contributed by atoms with Gasteiger partial charge in [-0.25, -0.2) is 28.7 Å². The van der Waals surface area contributed by atoms with Crippen molar-refractivity contribution in [1.29, 1.82) is 0 Å². The Morgan fingerprint density at radius 3 is 2.35 bits per heavy atom. The van der Waals surface area contributed by atoms with Gasteiger partial charge in [-0.1, -0.05) is 6.92 Å². The van der Waals surface area contributed by atoms with Crippen LogP contribution in [0, 0.1) is 11.6 Å². The molecule has 0 amide bonds. The van der Waals surface area contributed by atoms with Crippen LogP contribution in [0.3, 0.4) is 0 Å². The maximum atomic E-state index is 14.0. The van der Waals surface area contributed by atoms with Crippen LogP contribution in [0.5, 0.6) is 0 Å².